The second-order valence-corrected chi connectivity index (χ2v) is 5.32. The summed E-state index contributed by atoms with van der Waals surface area (Å²) in [5, 5.41) is 3.02. The molecule has 1 fully saturated rings. The van der Waals surface area contributed by atoms with Crippen molar-refractivity contribution in [2.75, 3.05) is 12.0 Å². The smallest absolute Gasteiger partial charge is 0.269 e. The first-order valence-corrected chi connectivity index (χ1v) is 6.90. The van der Waals surface area contributed by atoms with Crippen LogP contribution in [0.15, 0.2) is 18.3 Å². The molecule has 1 aromatic rings. The summed E-state index contributed by atoms with van der Waals surface area (Å²) < 4.78 is 0. The molecule has 0 saturated heterocycles. The van der Waals surface area contributed by atoms with Crippen LogP contribution in [0.3, 0.4) is 0 Å². The highest BCUT2D eigenvalue weighted by molar-refractivity contribution is 5.92. The average Bonchev–Trinajstić information content (AvgIpc) is 2.94. The maximum Gasteiger partial charge on any atom is 0.269 e. The van der Waals surface area contributed by atoms with Gasteiger partial charge in [0.2, 0.25) is 0 Å². The van der Waals surface area contributed by atoms with Crippen molar-refractivity contribution >= 4 is 11.6 Å². The molecule has 5 heteroatoms. The number of nitrogens with one attached hydrogen (secondary N) is 2. The predicted octanol–water partition coefficient (Wildman–Crippen LogP) is 2.07. The molecule has 5 nitrogen and oxygen atoms in total. The van der Waals surface area contributed by atoms with Crippen LogP contribution in [0.2, 0.25) is 0 Å². The largest absolute Gasteiger partial charge is 0.350 e. The molecule has 2 rings (SSSR count). The van der Waals surface area contributed by atoms with Gasteiger partial charge in [0.1, 0.15) is 5.69 Å². The molecule has 1 aliphatic carbocycles. The minimum atomic E-state index is -0.108. The van der Waals surface area contributed by atoms with E-state index >= 15 is 0 Å². The van der Waals surface area contributed by atoms with Crippen molar-refractivity contribution in [3.8, 4) is 0 Å². The molecule has 1 aromatic heterocycles. The van der Waals surface area contributed by atoms with Gasteiger partial charge in [0.15, 0.2) is 0 Å². The van der Waals surface area contributed by atoms with Crippen LogP contribution in [0.5, 0.6) is 0 Å². The van der Waals surface area contributed by atoms with Gasteiger partial charge in [0.25, 0.3) is 5.91 Å². The minimum absolute atomic E-state index is 0.108. The lowest BCUT2D eigenvalue weighted by atomic mass is 9.83. The Morgan fingerprint density at radius 3 is 2.68 bits per heavy atom. The van der Waals surface area contributed by atoms with E-state index < -0.39 is 0 Å². The molecule has 0 spiro atoms. The van der Waals surface area contributed by atoms with Crippen molar-refractivity contribution in [1.29, 1.82) is 0 Å². The van der Waals surface area contributed by atoms with Gasteiger partial charge in [-0.2, -0.15) is 0 Å². The van der Waals surface area contributed by atoms with E-state index in [4.69, 9.17) is 5.84 Å². The Bertz CT molecular complexity index is 424. The summed E-state index contributed by atoms with van der Waals surface area (Å²) in [4.78, 5) is 16.1. The predicted molar refractivity (Wildman–Crippen MR) is 75.6 cm³/mol. The number of nitrogens with two attached hydrogens (primary N) is 1. The Morgan fingerprint density at radius 2 is 2.16 bits per heavy atom. The molecule has 0 aliphatic heterocycles. The van der Waals surface area contributed by atoms with Gasteiger partial charge in [0.05, 0.1) is 11.9 Å². The molecule has 1 amide bonds. The number of anilines is 1. The van der Waals surface area contributed by atoms with E-state index in [0.717, 1.165) is 13.0 Å². The number of hydrazine groups is 1. The number of carbonyl (C=O) groups is 1. The van der Waals surface area contributed by atoms with Gasteiger partial charge in [-0.05, 0) is 36.8 Å². The number of hydrogen-bond acceptors (Lipinski definition) is 4. The van der Waals surface area contributed by atoms with Crippen LogP contribution < -0.4 is 16.6 Å². The van der Waals surface area contributed by atoms with Crippen LogP contribution in [0, 0.1) is 5.41 Å². The third-order valence-electron chi connectivity index (χ3n) is 4.20. The Morgan fingerprint density at radius 1 is 1.42 bits per heavy atom. The Labute approximate surface area is 114 Å². The number of aromatic nitrogens is 1. The van der Waals surface area contributed by atoms with E-state index in [-0.39, 0.29) is 5.91 Å². The quantitative estimate of drug-likeness (QED) is 0.560. The summed E-state index contributed by atoms with van der Waals surface area (Å²) in [6, 6.07) is 3.42. The number of hydrogen-bond donors (Lipinski definition) is 3. The van der Waals surface area contributed by atoms with Gasteiger partial charge >= 0.3 is 0 Å². The van der Waals surface area contributed by atoms with Gasteiger partial charge in [-0.15, -0.1) is 0 Å². The van der Waals surface area contributed by atoms with E-state index in [2.05, 4.69) is 22.7 Å². The Hall–Kier alpha value is -1.62. The van der Waals surface area contributed by atoms with Crippen LogP contribution in [0.1, 0.15) is 49.5 Å². The zero-order chi connectivity index (χ0) is 13.7. The van der Waals surface area contributed by atoms with Crippen molar-refractivity contribution in [2.24, 2.45) is 11.3 Å². The number of nitrogen functional groups attached to an aromatic ring is 1. The molecule has 0 unspecified atom stereocenters. The van der Waals surface area contributed by atoms with Crippen LogP contribution in [-0.2, 0) is 0 Å². The van der Waals surface area contributed by atoms with Crippen LogP contribution in [0.4, 0.5) is 5.69 Å². The maximum atomic E-state index is 12.0. The number of nitrogens with zero attached hydrogens (tertiary/aromatic N) is 1. The van der Waals surface area contributed by atoms with Crippen LogP contribution in [0.25, 0.3) is 0 Å². The van der Waals surface area contributed by atoms with E-state index in [1.54, 1.807) is 18.3 Å². The summed E-state index contributed by atoms with van der Waals surface area (Å²) >= 11 is 0. The van der Waals surface area contributed by atoms with Crippen LogP contribution in [-0.4, -0.2) is 17.4 Å². The SMILES string of the molecule is CCC1(CNC(=O)c2ccc(NN)cn2)CCCC1. The van der Waals surface area contributed by atoms with E-state index in [1.165, 1.54) is 25.7 Å². The first-order valence-electron chi connectivity index (χ1n) is 6.90. The molecule has 0 aromatic carbocycles. The topological polar surface area (TPSA) is 80.0 Å². The molecule has 1 saturated carbocycles. The molecule has 4 N–H and O–H groups in total. The number of pyridine rings is 1. The minimum Gasteiger partial charge on any atom is -0.350 e. The van der Waals surface area contributed by atoms with Crippen molar-refractivity contribution in [3.63, 3.8) is 0 Å². The Balaban J connectivity index is 1.93. The second-order valence-electron chi connectivity index (χ2n) is 5.32. The zero-order valence-corrected chi connectivity index (χ0v) is 11.4. The fraction of sp³-hybridized carbons (Fsp3) is 0.571. The molecule has 1 heterocycles. The summed E-state index contributed by atoms with van der Waals surface area (Å²) in [7, 11) is 0. The molecular weight excluding hydrogens is 240 g/mol. The van der Waals surface area contributed by atoms with Crippen molar-refractivity contribution < 1.29 is 4.79 Å². The monoisotopic (exact) mass is 262 g/mol. The highest BCUT2D eigenvalue weighted by Gasteiger charge is 2.32. The van der Waals surface area contributed by atoms with Crippen molar-refractivity contribution in [2.45, 2.75) is 39.0 Å². The highest BCUT2D eigenvalue weighted by atomic mass is 16.1. The van der Waals surface area contributed by atoms with Crippen molar-refractivity contribution in [3.05, 3.63) is 24.0 Å². The standard InChI is InChI=1S/C14H22N4O/c1-2-14(7-3-4-8-14)10-17-13(19)12-6-5-11(18-15)9-16-12/h5-6,9,18H,2-4,7-8,10,15H2,1H3,(H,17,19). The summed E-state index contributed by atoms with van der Waals surface area (Å²) in [5.74, 6) is 5.15. The van der Waals surface area contributed by atoms with Gasteiger partial charge in [0, 0.05) is 6.54 Å². The fourth-order valence-corrected chi connectivity index (χ4v) is 2.75. The third kappa shape index (κ3) is 3.23. The molecular formula is C14H22N4O. The summed E-state index contributed by atoms with van der Waals surface area (Å²) in [5.41, 5.74) is 3.92. The van der Waals surface area contributed by atoms with Crippen LogP contribution >= 0.6 is 0 Å². The molecule has 0 atom stereocenters. The number of carbonyl (C=O) groups excluding carboxylic acids is 1. The van der Waals surface area contributed by atoms with Gasteiger partial charge in [-0.1, -0.05) is 19.8 Å². The van der Waals surface area contributed by atoms with E-state index in [1.807, 2.05) is 0 Å². The van der Waals surface area contributed by atoms with Gasteiger partial charge in [-0.25, -0.2) is 4.98 Å². The van der Waals surface area contributed by atoms with E-state index in [0.29, 0.717) is 16.8 Å². The number of rotatable bonds is 5. The lowest BCUT2D eigenvalue weighted by molar-refractivity contribution is 0.0924. The second kappa shape index (κ2) is 6.02. The summed E-state index contributed by atoms with van der Waals surface area (Å²) in [6.07, 6.45) is 7.66. The molecule has 1 aliphatic rings. The lowest BCUT2D eigenvalue weighted by Gasteiger charge is -2.27. The zero-order valence-electron chi connectivity index (χ0n) is 11.4. The number of amides is 1. The molecule has 19 heavy (non-hydrogen) atoms. The fourth-order valence-electron chi connectivity index (χ4n) is 2.75. The van der Waals surface area contributed by atoms with Crippen molar-refractivity contribution in [1.82, 2.24) is 10.3 Å². The van der Waals surface area contributed by atoms with Gasteiger partial charge < -0.3 is 10.7 Å². The first kappa shape index (κ1) is 13.8. The van der Waals surface area contributed by atoms with E-state index in [9.17, 15) is 4.79 Å². The normalized spacial score (nSPS) is 17.2. The Kier molecular flexibility index (Phi) is 4.37. The third-order valence-corrected chi connectivity index (χ3v) is 4.20. The lowest BCUT2D eigenvalue weighted by Crippen LogP contribution is -2.36. The highest BCUT2D eigenvalue weighted by Crippen LogP contribution is 2.40. The summed E-state index contributed by atoms with van der Waals surface area (Å²) in [6.45, 7) is 2.96. The first-order chi connectivity index (χ1) is 9.19. The molecule has 104 valence electrons. The molecule has 0 radical (unpaired) electrons. The average molecular weight is 262 g/mol. The maximum absolute atomic E-state index is 12.0. The molecule has 0 bridgehead atoms. The van der Waals surface area contributed by atoms with Gasteiger partial charge in [-0.3, -0.25) is 10.6 Å².